The Morgan fingerprint density at radius 2 is 1.62 bits per heavy atom. The monoisotopic (exact) mass is 712 g/mol. The molecule has 0 bridgehead atoms. The van der Waals surface area contributed by atoms with Crippen LogP contribution in [0, 0.1) is 0 Å². The van der Waals surface area contributed by atoms with Crippen molar-refractivity contribution in [3.63, 3.8) is 0 Å². The zero-order valence-electron chi connectivity index (χ0n) is 27.3. The maximum absolute atomic E-state index is 13.9. The van der Waals surface area contributed by atoms with Crippen LogP contribution >= 0.6 is 11.8 Å². The number of esters is 3. The molecule has 2 aromatic carbocycles. The summed E-state index contributed by atoms with van der Waals surface area (Å²) >= 11 is 1.06. The Hall–Kier alpha value is -5.75. The average Bonchev–Trinajstić information content (AvgIpc) is 3.07. The van der Waals surface area contributed by atoms with Crippen LogP contribution in [-0.4, -0.2) is 100 Å². The zero-order valence-corrected chi connectivity index (χ0v) is 28.2. The highest BCUT2D eigenvalue weighted by Gasteiger charge is 2.67. The van der Waals surface area contributed by atoms with Crippen LogP contribution in [-0.2, 0) is 38.2 Å². The number of carbonyl (C=O) groups is 8. The second-order valence-corrected chi connectivity index (χ2v) is 11.9. The molecule has 2 aromatic rings. The molecular formula is C32H32N4O13S. The van der Waals surface area contributed by atoms with E-state index in [1.54, 1.807) is 18.2 Å². The van der Waals surface area contributed by atoms with Gasteiger partial charge < -0.3 is 34.7 Å². The van der Waals surface area contributed by atoms with Crippen molar-refractivity contribution >= 4 is 59.4 Å². The standard InChI is InChI=1S/C32H32N4O13S/c1-16(37)47-14-21-15-50-30-32(46-5,29(44)36(30)25(21)28(42)43)34-26(40)24(19-9-7-6-8-10-19)33-31(45)35(4)27(41)20-11-12-22(48-17(2)38)23(13-20)49-18(3)39/h6-13,24,30H,14-15H2,1-5H3,(H,33,45)(H,34,40)(H,42,43)/t24?,30-,32-/m0/s1. The number of hydrogen-bond donors (Lipinski definition) is 3. The normalized spacial score (nSPS) is 18.5. The minimum absolute atomic E-state index is 0.0249. The van der Waals surface area contributed by atoms with Crippen LogP contribution in [0.25, 0.3) is 0 Å². The van der Waals surface area contributed by atoms with Crippen molar-refractivity contribution in [1.29, 1.82) is 0 Å². The van der Waals surface area contributed by atoms with Crippen molar-refractivity contribution in [2.24, 2.45) is 0 Å². The lowest BCUT2D eigenvalue weighted by molar-refractivity contribution is -0.193. The second-order valence-electron chi connectivity index (χ2n) is 10.8. The van der Waals surface area contributed by atoms with Gasteiger partial charge in [-0.15, -0.1) is 11.8 Å². The fraction of sp³-hybridized carbons (Fsp3) is 0.312. The third-order valence-electron chi connectivity index (χ3n) is 7.36. The first-order valence-electron chi connectivity index (χ1n) is 14.7. The number of benzene rings is 2. The third-order valence-corrected chi connectivity index (χ3v) is 8.74. The molecule has 3 N–H and O–H groups in total. The molecule has 4 rings (SSSR count). The van der Waals surface area contributed by atoms with E-state index in [0.717, 1.165) is 57.7 Å². The maximum atomic E-state index is 13.9. The molecule has 18 heteroatoms. The van der Waals surface area contributed by atoms with E-state index >= 15 is 0 Å². The molecule has 0 aliphatic carbocycles. The van der Waals surface area contributed by atoms with Crippen LogP contribution in [0.2, 0.25) is 0 Å². The highest BCUT2D eigenvalue weighted by Crippen LogP contribution is 2.47. The van der Waals surface area contributed by atoms with Crippen LogP contribution in [0.5, 0.6) is 11.5 Å². The van der Waals surface area contributed by atoms with Crippen molar-refractivity contribution < 1.29 is 62.4 Å². The number of nitrogens with one attached hydrogen (secondary N) is 2. The van der Waals surface area contributed by atoms with Gasteiger partial charge in [-0.2, -0.15) is 0 Å². The molecule has 264 valence electrons. The topological polar surface area (TPSA) is 224 Å². The molecule has 1 unspecified atom stereocenters. The number of thioether (sulfide) groups is 1. The number of fused-ring (bicyclic) bond motifs is 1. The number of rotatable bonds is 11. The summed E-state index contributed by atoms with van der Waals surface area (Å²) in [6.07, 6.45) is 0. The van der Waals surface area contributed by atoms with E-state index in [0.29, 0.717) is 4.90 Å². The number of urea groups is 1. The van der Waals surface area contributed by atoms with E-state index in [1.807, 2.05) is 0 Å². The number of carbonyl (C=O) groups excluding carboxylic acids is 7. The van der Waals surface area contributed by atoms with Gasteiger partial charge in [-0.1, -0.05) is 30.3 Å². The Bertz CT molecular complexity index is 1800. The number of carboxylic acid groups (broad SMARTS) is 1. The third kappa shape index (κ3) is 7.60. The van der Waals surface area contributed by atoms with Crippen molar-refractivity contribution in [2.75, 3.05) is 26.5 Å². The number of carboxylic acids is 1. The van der Waals surface area contributed by atoms with Gasteiger partial charge in [0.1, 0.15) is 23.7 Å². The Balaban J connectivity index is 1.58. The molecule has 2 heterocycles. The van der Waals surface area contributed by atoms with Crippen LogP contribution < -0.4 is 20.1 Å². The number of β-lactam (4-membered cyclic amide) rings is 1. The summed E-state index contributed by atoms with van der Waals surface area (Å²) in [6.45, 7) is 3.02. The number of amides is 5. The smallest absolute Gasteiger partial charge is 0.352 e. The van der Waals surface area contributed by atoms with E-state index in [2.05, 4.69) is 10.6 Å². The van der Waals surface area contributed by atoms with E-state index in [-0.39, 0.29) is 40.6 Å². The Morgan fingerprint density at radius 1 is 0.980 bits per heavy atom. The zero-order chi connectivity index (χ0) is 36.9. The number of ether oxygens (including phenoxy) is 4. The Kier molecular flexibility index (Phi) is 11.3. The Morgan fingerprint density at radius 3 is 2.20 bits per heavy atom. The molecule has 50 heavy (non-hydrogen) atoms. The Labute approximate surface area is 288 Å². The van der Waals surface area contributed by atoms with Gasteiger partial charge in [-0.3, -0.25) is 38.6 Å². The molecule has 2 aliphatic heterocycles. The number of imide groups is 1. The van der Waals surface area contributed by atoms with Crippen LogP contribution in [0.1, 0.15) is 42.7 Å². The van der Waals surface area contributed by atoms with E-state index in [1.165, 1.54) is 24.3 Å². The number of nitrogens with zero attached hydrogens (tertiary/aromatic N) is 2. The highest BCUT2D eigenvalue weighted by atomic mass is 32.2. The van der Waals surface area contributed by atoms with Gasteiger partial charge >= 0.3 is 29.9 Å². The minimum atomic E-state index is -2.05. The molecule has 1 fully saturated rings. The summed E-state index contributed by atoms with van der Waals surface area (Å²) in [6, 6.07) is 8.85. The summed E-state index contributed by atoms with van der Waals surface area (Å²) in [5.74, 6) is -6.70. The number of methoxy groups -OCH3 is 1. The molecule has 1 saturated heterocycles. The summed E-state index contributed by atoms with van der Waals surface area (Å²) in [4.78, 5) is 102. The molecule has 0 radical (unpaired) electrons. The first-order chi connectivity index (χ1) is 23.6. The number of hydrogen-bond acceptors (Lipinski definition) is 13. The maximum Gasteiger partial charge on any atom is 0.352 e. The highest BCUT2D eigenvalue weighted by molar-refractivity contribution is 8.00. The lowest BCUT2D eigenvalue weighted by atomic mass is 9.97. The molecule has 0 spiro atoms. The summed E-state index contributed by atoms with van der Waals surface area (Å²) in [7, 11) is 2.27. The van der Waals surface area contributed by atoms with Gasteiger partial charge in [-0.05, 0) is 23.8 Å². The molecule has 0 aromatic heterocycles. The largest absolute Gasteiger partial charge is 0.477 e. The molecule has 5 amide bonds. The van der Waals surface area contributed by atoms with Crippen molar-refractivity contribution in [3.8, 4) is 11.5 Å². The molecule has 2 aliphatic rings. The van der Waals surface area contributed by atoms with Gasteiger partial charge in [0, 0.05) is 51.8 Å². The van der Waals surface area contributed by atoms with E-state index in [4.69, 9.17) is 18.9 Å². The van der Waals surface area contributed by atoms with Gasteiger partial charge in [0.15, 0.2) is 11.5 Å². The predicted molar refractivity (Wildman–Crippen MR) is 171 cm³/mol. The van der Waals surface area contributed by atoms with E-state index < -0.39 is 70.5 Å². The average molecular weight is 713 g/mol. The van der Waals surface area contributed by atoms with Crippen LogP contribution in [0.15, 0.2) is 59.8 Å². The molecule has 3 atom stereocenters. The molecule has 0 saturated carbocycles. The van der Waals surface area contributed by atoms with Gasteiger partial charge in [-0.25, -0.2) is 9.59 Å². The lowest BCUT2D eigenvalue weighted by Gasteiger charge is -2.56. The van der Waals surface area contributed by atoms with Crippen LogP contribution in [0.3, 0.4) is 0 Å². The summed E-state index contributed by atoms with van der Waals surface area (Å²) < 4.78 is 20.5. The van der Waals surface area contributed by atoms with Gasteiger partial charge in [0.05, 0.1) is 0 Å². The minimum Gasteiger partial charge on any atom is -0.477 e. The predicted octanol–water partition coefficient (Wildman–Crippen LogP) is 1.34. The first-order valence-corrected chi connectivity index (χ1v) is 15.7. The molecular weight excluding hydrogens is 680 g/mol. The summed E-state index contributed by atoms with van der Waals surface area (Å²) in [5.41, 5.74) is -2.18. The molecule has 17 nitrogen and oxygen atoms in total. The number of aliphatic carboxylic acids is 1. The quantitative estimate of drug-likeness (QED) is 0.129. The van der Waals surface area contributed by atoms with Crippen molar-refractivity contribution in [2.45, 2.75) is 37.9 Å². The van der Waals surface area contributed by atoms with Crippen LogP contribution in [0.4, 0.5) is 4.79 Å². The second kappa shape index (κ2) is 15.2. The fourth-order valence-corrected chi connectivity index (χ4v) is 6.49. The first kappa shape index (κ1) is 37.1. The summed E-state index contributed by atoms with van der Waals surface area (Å²) in [5, 5.41) is 13.9. The van der Waals surface area contributed by atoms with Crippen molar-refractivity contribution in [1.82, 2.24) is 20.4 Å². The lowest BCUT2D eigenvalue weighted by Crippen LogP contribution is -2.81. The van der Waals surface area contributed by atoms with Crippen molar-refractivity contribution in [3.05, 3.63) is 70.9 Å². The SMILES string of the molecule is CO[C@@]1(NC(=O)C(NC(=O)N(C)C(=O)c2ccc(OC(C)=O)c(OC(C)=O)c2)c2ccccc2)C(=O)N2C(C(=O)O)=C(COC(C)=O)CS[C@H]21. The van der Waals surface area contributed by atoms with Gasteiger partial charge in [0.25, 0.3) is 17.5 Å². The van der Waals surface area contributed by atoms with E-state index in [9.17, 15) is 43.5 Å². The van der Waals surface area contributed by atoms with Gasteiger partial charge in [0.2, 0.25) is 5.91 Å². The fourth-order valence-electron chi connectivity index (χ4n) is 5.07.